The van der Waals surface area contributed by atoms with E-state index in [1.165, 1.54) is 18.2 Å². The summed E-state index contributed by atoms with van der Waals surface area (Å²) >= 11 is 0. The van der Waals surface area contributed by atoms with Crippen LogP contribution in [0.2, 0.25) is 0 Å². The third-order valence-electron chi connectivity index (χ3n) is 4.38. The van der Waals surface area contributed by atoms with Crippen LogP contribution in [-0.2, 0) is 6.42 Å². The van der Waals surface area contributed by atoms with Gasteiger partial charge in [-0.2, -0.15) is 13.2 Å². The molecular formula is C23H17F5O3. The molecule has 3 nitrogen and oxygen atoms in total. The Balaban J connectivity index is 1.79. The Hall–Kier alpha value is -3.42. The molecule has 0 aliphatic heterocycles. The summed E-state index contributed by atoms with van der Waals surface area (Å²) in [7, 11) is 0. The van der Waals surface area contributed by atoms with Crippen LogP contribution in [0, 0.1) is 11.6 Å². The molecule has 0 aromatic heterocycles. The highest BCUT2D eigenvalue weighted by Crippen LogP contribution is 2.33. The topological polar surface area (TPSA) is 35.5 Å². The molecule has 0 fully saturated rings. The summed E-state index contributed by atoms with van der Waals surface area (Å²) in [6.07, 6.45) is -1.36. The van der Waals surface area contributed by atoms with Gasteiger partial charge in [0.05, 0.1) is 5.56 Å². The van der Waals surface area contributed by atoms with E-state index in [1.807, 2.05) is 0 Å². The van der Waals surface area contributed by atoms with Crippen LogP contribution in [0.15, 0.2) is 61.2 Å². The quantitative estimate of drug-likeness (QED) is 0.186. The van der Waals surface area contributed by atoms with E-state index < -0.39 is 36.1 Å². The van der Waals surface area contributed by atoms with Crippen molar-refractivity contribution in [1.29, 1.82) is 0 Å². The molecule has 0 aliphatic rings. The number of carbonyl (C=O) groups excluding carboxylic acids is 1. The number of esters is 1. The third-order valence-corrected chi connectivity index (χ3v) is 4.38. The van der Waals surface area contributed by atoms with Gasteiger partial charge in [0, 0.05) is 5.39 Å². The van der Waals surface area contributed by atoms with E-state index in [9.17, 15) is 26.7 Å². The van der Waals surface area contributed by atoms with Crippen LogP contribution in [0.4, 0.5) is 22.0 Å². The van der Waals surface area contributed by atoms with Crippen molar-refractivity contribution in [3.05, 3.63) is 83.9 Å². The predicted molar refractivity (Wildman–Crippen MR) is 105 cm³/mol. The van der Waals surface area contributed by atoms with E-state index in [-0.39, 0.29) is 22.1 Å². The number of ether oxygens (including phenoxy) is 2. The highest BCUT2D eigenvalue weighted by atomic mass is 19.4. The van der Waals surface area contributed by atoms with Crippen molar-refractivity contribution in [1.82, 2.24) is 0 Å². The van der Waals surface area contributed by atoms with Crippen LogP contribution < -0.4 is 9.47 Å². The molecule has 0 saturated heterocycles. The Kier molecular flexibility index (Phi) is 6.58. The van der Waals surface area contributed by atoms with Gasteiger partial charge >= 0.3 is 12.1 Å². The number of halogens is 5. The Bertz CT molecular complexity index is 1100. The Morgan fingerprint density at radius 1 is 1.03 bits per heavy atom. The lowest BCUT2D eigenvalue weighted by Crippen LogP contribution is -2.20. The zero-order valence-corrected chi connectivity index (χ0v) is 16.1. The molecule has 0 unspecified atom stereocenters. The van der Waals surface area contributed by atoms with E-state index in [0.29, 0.717) is 0 Å². The van der Waals surface area contributed by atoms with Crippen LogP contribution in [-0.4, -0.2) is 18.8 Å². The first-order valence-corrected chi connectivity index (χ1v) is 9.21. The van der Waals surface area contributed by atoms with E-state index in [2.05, 4.69) is 11.3 Å². The summed E-state index contributed by atoms with van der Waals surface area (Å²) in [5.41, 5.74) is 1.31. The largest absolute Gasteiger partial charge is 0.478 e. The monoisotopic (exact) mass is 436 g/mol. The van der Waals surface area contributed by atoms with Gasteiger partial charge in [-0.15, -0.1) is 6.58 Å². The van der Waals surface area contributed by atoms with Gasteiger partial charge in [-0.3, -0.25) is 0 Å². The van der Waals surface area contributed by atoms with Crippen LogP contribution >= 0.6 is 0 Å². The summed E-state index contributed by atoms with van der Waals surface area (Å²) in [4.78, 5) is 12.3. The van der Waals surface area contributed by atoms with Gasteiger partial charge in [0.15, 0.2) is 24.0 Å². The number of hydrogen-bond acceptors (Lipinski definition) is 3. The molecule has 162 valence electrons. The van der Waals surface area contributed by atoms with Gasteiger partial charge in [0.25, 0.3) is 0 Å². The molecule has 31 heavy (non-hydrogen) atoms. The molecule has 0 spiro atoms. The summed E-state index contributed by atoms with van der Waals surface area (Å²) in [6, 6.07) is 11.2. The third kappa shape index (κ3) is 5.59. The molecule has 0 atom stereocenters. The number of benzene rings is 3. The van der Waals surface area contributed by atoms with Crippen molar-refractivity contribution in [2.24, 2.45) is 0 Å². The minimum Gasteiger partial charge on any atom is -0.478 e. The fraction of sp³-hybridized carbons (Fsp3) is 0.174. The van der Waals surface area contributed by atoms with Crippen molar-refractivity contribution < 1.29 is 36.2 Å². The number of alkyl halides is 3. The molecule has 0 bridgehead atoms. The Morgan fingerprint density at radius 2 is 1.74 bits per heavy atom. The van der Waals surface area contributed by atoms with Crippen LogP contribution in [0.3, 0.4) is 0 Å². The van der Waals surface area contributed by atoms with E-state index in [4.69, 9.17) is 4.74 Å². The first kappa shape index (κ1) is 22.3. The van der Waals surface area contributed by atoms with Crippen LogP contribution in [0.1, 0.15) is 22.3 Å². The summed E-state index contributed by atoms with van der Waals surface area (Å²) < 4.78 is 74.9. The van der Waals surface area contributed by atoms with Gasteiger partial charge in [-0.1, -0.05) is 18.2 Å². The van der Waals surface area contributed by atoms with Gasteiger partial charge < -0.3 is 9.47 Å². The zero-order valence-electron chi connectivity index (χ0n) is 16.1. The Labute approximate surface area is 174 Å². The highest BCUT2D eigenvalue weighted by Gasteiger charge is 2.30. The van der Waals surface area contributed by atoms with Crippen LogP contribution in [0.5, 0.6) is 11.5 Å². The minimum absolute atomic E-state index is 0.000526. The van der Waals surface area contributed by atoms with Gasteiger partial charge in [0.1, 0.15) is 5.75 Å². The molecule has 0 saturated carbocycles. The van der Waals surface area contributed by atoms with E-state index >= 15 is 0 Å². The first-order valence-electron chi connectivity index (χ1n) is 9.21. The van der Waals surface area contributed by atoms with Crippen molar-refractivity contribution in [3.63, 3.8) is 0 Å². The molecule has 8 heteroatoms. The second-order valence-electron chi connectivity index (χ2n) is 6.70. The fourth-order valence-electron chi connectivity index (χ4n) is 2.88. The first-order chi connectivity index (χ1) is 14.7. The van der Waals surface area contributed by atoms with Crippen molar-refractivity contribution >= 4 is 16.7 Å². The van der Waals surface area contributed by atoms with Crippen LogP contribution in [0.25, 0.3) is 10.8 Å². The molecule has 0 N–H and O–H groups in total. The maximum Gasteiger partial charge on any atom is 0.422 e. The molecule has 3 rings (SSSR count). The molecule has 3 aromatic carbocycles. The van der Waals surface area contributed by atoms with Crippen molar-refractivity contribution in [2.75, 3.05) is 6.61 Å². The molecule has 0 aliphatic carbocycles. The molecule has 3 aromatic rings. The lowest BCUT2D eigenvalue weighted by molar-refractivity contribution is -0.154. The normalized spacial score (nSPS) is 11.4. The number of carbonyl (C=O) groups is 1. The Morgan fingerprint density at radius 3 is 2.39 bits per heavy atom. The lowest BCUT2D eigenvalue weighted by atomic mass is 10.1. The van der Waals surface area contributed by atoms with E-state index in [0.717, 1.165) is 24.5 Å². The van der Waals surface area contributed by atoms with E-state index in [1.54, 1.807) is 30.3 Å². The molecule has 0 amide bonds. The maximum atomic E-state index is 14.4. The minimum atomic E-state index is -4.74. The van der Waals surface area contributed by atoms with Gasteiger partial charge in [0.2, 0.25) is 0 Å². The smallest absolute Gasteiger partial charge is 0.422 e. The van der Waals surface area contributed by atoms with Gasteiger partial charge in [-0.25, -0.2) is 13.6 Å². The molecular weight excluding hydrogens is 419 g/mol. The number of rotatable bonds is 7. The molecule has 0 heterocycles. The highest BCUT2D eigenvalue weighted by molar-refractivity contribution is 5.92. The average molecular weight is 436 g/mol. The fourth-order valence-corrected chi connectivity index (χ4v) is 2.88. The van der Waals surface area contributed by atoms with Crippen molar-refractivity contribution in [2.45, 2.75) is 19.0 Å². The zero-order chi connectivity index (χ0) is 22.6. The number of aryl methyl sites for hydroxylation is 1. The number of hydrogen-bond donors (Lipinski definition) is 0. The number of allylic oxidation sites excluding steroid dienone is 1. The average Bonchev–Trinajstić information content (AvgIpc) is 2.71. The standard InChI is InChI=1S/C23H17F5O3/c1-2-3-4-14-5-7-15(8-6-14)22(29)31-17-9-10-18-16(11-17)12-19(24)21(20(18)25)30-13-23(26,27)28/h2,5-12H,1,3-4,13H2. The summed E-state index contributed by atoms with van der Waals surface area (Å²) in [5, 5.41) is -0.177. The lowest BCUT2D eigenvalue weighted by Gasteiger charge is -2.13. The maximum absolute atomic E-state index is 14.4. The molecule has 0 radical (unpaired) electrons. The second-order valence-corrected chi connectivity index (χ2v) is 6.70. The van der Waals surface area contributed by atoms with Crippen molar-refractivity contribution in [3.8, 4) is 11.5 Å². The second kappa shape index (κ2) is 9.16. The summed E-state index contributed by atoms with van der Waals surface area (Å²) in [6.45, 7) is 1.83. The number of fused-ring (bicyclic) bond motifs is 1. The van der Waals surface area contributed by atoms with Gasteiger partial charge in [-0.05, 0) is 60.2 Å². The summed E-state index contributed by atoms with van der Waals surface area (Å²) in [5.74, 6) is -4.33. The SMILES string of the molecule is C=CCCc1ccc(C(=O)Oc2ccc3c(F)c(OCC(F)(F)F)c(F)cc3c2)cc1. The predicted octanol–water partition coefficient (Wildman–Crippen LogP) is 6.40.